The van der Waals surface area contributed by atoms with E-state index in [1.807, 2.05) is 31.1 Å². The monoisotopic (exact) mass is 223 g/mol. The van der Waals surface area contributed by atoms with Gasteiger partial charge in [0.15, 0.2) is 12.4 Å². The van der Waals surface area contributed by atoms with Crippen LogP contribution in [0.25, 0.3) is 0 Å². The summed E-state index contributed by atoms with van der Waals surface area (Å²) < 4.78 is 1.59. The number of rotatable bonds is 5. The fourth-order valence-electron chi connectivity index (χ4n) is 1.40. The first-order valence-electron chi connectivity index (χ1n) is 5.48. The third-order valence-corrected chi connectivity index (χ3v) is 2.41. The summed E-state index contributed by atoms with van der Waals surface area (Å²) in [6.07, 6.45) is 5.44. The predicted molar refractivity (Wildman–Crippen MR) is 62.5 cm³/mol. The second-order valence-corrected chi connectivity index (χ2v) is 3.93. The second-order valence-electron chi connectivity index (χ2n) is 3.93. The van der Waals surface area contributed by atoms with Gasteiger partial charge in [0, 0.05) is 38.5 Å². The standard InChI is InChI=1S/C12H19N2O2/c1-13(2)11-6-8-14(9-7-11)12(16)5-3-4-10-15/h6-9,15H,3-5,10H2,1-2H3/q+1. The van der Waals surface area contributed by atoms with E-state index >= 15 is 0 Å². The van der Waals surface area contributed by atoms with E-state index in [1.165, 1.54) is 0 Å². The van der Waals surface area contributed by atoms with Crippen molar-refractivity contribution >= 4 is 11.6 Å². The van der Waals surface area contributed by atoms with Crippen molar-refractivity contribution in [3.63, 3.8) is 0 Å². The summed E-state index contributed by atoms with van der Waals surface area (Å²) in [6, 6.07) is 3.81. The Bertz CT molecular complexity index is 333. The highest BCUT2D eigenvalue weighted by Crippen LogP contribution is 2.06. The third kappa shape index (κ3) is 3.62. The fourth-order valence-corrected chi connectivity index (χ4v) is 1.40. The number of carbonyl (C=O) groups excluding carboxylic acids is 1. The Morgan fingerprint density at radius 2 is 1.94 bits per heavy atom. The first-order valence-corrected chi connectivity index (χ1v) is 5.48. The SMILES string of the molecule is CN(C)c1cc[n+](C(=O)CCCCO)cc1. The lowest BCUT2D eigenvalue weighted by atomic mass is 10.2. The molecule has 0 aliphatic rings. The molecule has 0 atom stereocenters. The molecule has 16 heavy (non-hydrogen) atoms. The van der Waals surface area contributed by atoms with Gasteiger partial charge in [-0.25, -0.2) is 4.79 Å². The topological polar surface area (TPSA) is 44.4 Å². The number of aliphatic hydroxyl groups is 1. The average molecular weight is 223 g/mol. The molecule has 88 valence electrons. The minimum atomic E-state index is 0.0683. The number of nitrogens with zero attached hydrogens (tertiary/aromatic N) is 2. The summed E-state index contributed by atoms with van der Waals surface area (Å²) in [5.41, 5.74) is 1.07. The van der Waals surface area contributed by atoms with Gasteiger partial charge in [-0.1, -0.05) is 0 Å². The van der Waals surface area contributed by atoms with Crippen molar-refractivity contribution in [1.82, 2.24) is 0 Å². The lowest BCUT2D eigenvalue weighted by Crippen LogP contribution is -2.41. The van der Waals surface area contributed by atoms with Crippen molar-refractivity contribution in [1.29, 1.82) is 0 Å². The van der Waals surface area contributed by atoms with Crippen molar-refractivity contribution in [3.05, 3.63) is 24.5 Å². The lowest BCUT2D eigenvalue weighted by molar-refractivity contribution is -0.574. The summed E-state index contributed by atoms with van der Waals surface area (Å²) >= 11 is 0. The van der Waals surface area contributed by atoms with Crippen LogP contribution in [0.15, 0.2) is 24.5 Å². The van der Waals surface area contributed by atoms with E-state index in [2.05, 4.69) is 0 Å². The summed E-state index contributed by atoms with van der Waals surface area (Å²) in [7, 11) is 3.92. The van der Waals surface area contributed by atoms with Gasteiger partial charge in [0.05, 0.1) is 6.42 Å². The molecule has 0 bridgehead atoms. The molecule has 4 nitrogen and oxygen atoms in total. The van der Waals surface area contributed by atoms with Crippen molar-refractivity contribution in [2.24, 2.45) is 0 Å². The quantitative estimate of drug-likeness (QED) is 0.594. The molecule has 0 unspecified atom stereocenters. The molecule has 1 N–H and O–H groups in total. The van der Waals surface area contributed by atoms with Crippen LogP contribution in [-0.4, -0.2) is 31.7 Å². The highest BCUT2D eigenvalue weighted by molar-refractivity contribution is 5.66. The van der Waals surface area contributed by atoms with Gasteiger partial charge in [-0.15, -0.1) is 4.57 Å². The zero-order valence-electron chi connectivity index (χ0n) is 9.89. The molecule has 0 aliphatic heterocycles. The molecule has 0 amide bonds. The average Bonchev–Trinajstić information content (AvgIpc) is 2.29. The number of hydrogen-bond acceptors (Lipinski definition) is 3. The van der Waals surface area contributed by atoms with Crippen LogP contribution in [0.3, 0.4) is 0 Å². The van der Waals surface area contributed by atoms with Gasteiger partial charge in [0.25, 0.3) is 0 Å². The molecular weight excluding hydrogens is 204 g/mol. The Morgan fingerprint density at radius 3 is 2.44 bits per heavy atom. The summed E-state index contributed by atoms with van der Waals surface area (Å²) in [6.45, 7) is 0.150. The van der Waals surface area contributed by atoms with E-state index in [1.54, 1.807) is 17.0 Å². The molecule has 1 rings (SSSR count). The van der Waals surface area contributed by atoms with Gasteiger partial charge in [0.2, 0.25) is 0 Å². The number of pyridine rings is 1. The van der Waals surface area contributed by atoms with Crippen molar-refractivity contribution in [2.75, 3.05) is 25.6 Å². The molecule has 0 aliphatic carbocycles. The Hall–Kier alpha value is -1.42. The highest BCUT2D eigenvalue weighted by Gasteiger charge is 2.13. The predicted octanol–water partition coefficient (Wildman–Crippen LogP) is 0.843. The number of hydrogen-bond donors (Lipinski definition) is 1. The molecule has 0 saturated carbocycles. The van der Waals surface area contributed by atoms with Crippen LogP contribution in [0, 0.1) is 0 Å². The molecule has 4 heteroatoms. The molecular formula is C12H19N2O2+. The van der Waals surface area contributed by atoms with Crippen molar-refractivity contribution in [2.45, 2.75) is 19.3 Å². The molecule has 1 heterocycles. The third-order valence-electron chi connectivity index (χ3n) is 2.41. The number of anilines is 1. The second kappa shape index (κ2) is 6.23. The van der Waals surface area contributed by atoms with E-state index in [4.69, 9.17) is 5.11 Å². The van der Waals surface area contributed by atoms with Gasteiger partial charge in [0.1, 0.15) is 0 Å². The van der Waals surface area contributed by atoms with Gasteiger partial charge in [-0.05, 0) is 12.8 Å². The van der Waals surface area contributed by atoms with Gasteiger partial charge >= 0.3 is 5.91 Å². The largest absolute Gasteiger partial charge is 0.396 e. The molecule has 0 saturated heterocycles. The Balaban J connectivity index is 2.56. The van der Waals surface area contributed by atoms with Gasteiger partial charge in [-0.2, -0.15) is 0 Å². The van der Waals surface area contributed by atoms with Gasteiger partial charge in [-0.3, -0.25) is 0 Å². The highest BCUT2D eigenvalue weighted by atomic mass is 16.2. The van der Waals surface area contributed by atoms with E-state index < -0.39 is 0 Å². The van der Waals surface area contributed by atoms with Crippen LogP contribution < -0.4 is 9.47 Å². The van der Waals surface area contributed by atoms with Gasteiger partial charge < -0.3 is 10.0 Å². The van der Waals surface area contributed by atoms with Crippen LogP contribution in [0.4, 0.5) is 5.69 Å². The Labute approximate surface area is 96.1 Å². The van der Waals surface area contributed by atoms with Crippen LogP contribution >= 0.6 is 0 Å². The van der Waals surface area contributed by atoms with Crippen LogP contribution in [0.5, 0.6) is 0 Å². The molecule has 0 aromatic carbocycles. The summed E-state index contributed by atoms with van der Waals surface area (Å²) in [5.74, 6) is 0.0683. The van der Waals surface area contributed by atoms with E-state index in [0.29, 0.717) is 12.8 Å². The van der Waals surface area contributed by atoms with Crippen molar-refractivity contribution < 1.29 is 14.5 Å². The molecule has 0 radical (unpaired) electrons. The van der Waals surface area contributed by atoms with E-state index in [-0.39, 0.29) is 12.5 Å². The maximum atomic E-state index is 11.7. The van der Waals surface area contributed by atoms with Crippen LogP contribution in [0.2, 0.25) is 0 Å². The van der Waals surface area contributed by atoms with E-state index in [0.717, 1.165) is 12.1 Å². The molecule has 1 aromatic heterocycles. The molecule has 1 aromatic rings. The normalized spacial score (nSPS) is 10.2. The molecule has 0 spiro atoms. The zero-order valence-corrected chi connectivity index (χ0v) is 9.89. The number of unbranched alkanes of at least 4 members (excludes halogenated alkanes) is 1. The minimum Gasteiger partial charge on any atom is -0.396 e. The molecule has 0 fully saturated rings. The van der Waals surface area contributed by atoms with E-state index in [9.17, 15) is 4.79 Å². The number of aromatic nitrogens is 1. The van der Waals surface area contributed by atoms with Crippen LogP contribution in [0.1, 0.15) is 24.1 Å². The Kier molecular flexibility index (Phi) is 4.92. The summed E-state index contributed by atoms with van der Waals surface area (Å²) in [5, 5.41) is 8.62. The first kappa shape index (κ1) is 12.6. The van der Waals surface area contributed by atoms with Crippen molar-refractivity contribution in [3.8, 4) is 0 Å². The lowest BCUT2D eigenvalue weighted by Gasteiger charge is -2.09. The maximum Gasteiger partial charge on any atom is 0.392 e. The van der Waals surface area contributed by atoms with Crippen LogP contribution in [-0.2, 0) is 0 Å². The fraction of sp³-hybridized carbons (Fsp3) is 0.500. The smallest absolute Gasteiger partial charge is 0.392 e. The maximum absolute atomic E-state index is 11.7. The number of carbonyl (C=O) groups is 1. The Morgan fingerprint density at radius 1 is 1.31 bits per heavy atom. The summed E-state index contributed by atoms with van der Waals surface area (Å²) in [4.78, 5) is 13.7. The number of aliphatic hydroxyl groups excluding tert-OH is 1. The zero-order chi connectivity index (χ0) is 12.0. The minimum absolute atomic E-state index is 0.0683. The first-order chi connectivity index (χ1) is 7.65.